The predicted molar refractivity (Wildman–Crippen MR) is 70.6 cm³/mol. The number of rotatable bonds is 4. The van der Waals surface area contributed by atoms with E-state index in [0.29, 0.717) is 23.1 Å². The smallest absolute Gasteiger partial charge is 0.245 e. The first-order valence-electron chi connectivity index (χ1n) is 5.39. The summed E-state index contributed by atoms with van der Waals surface area (Å²) < 4.78 is 13.7. The van der Waals surface area contributed by atoms with E-state index in [1.807, 2.05) is 13.8 Å². The molecule has 0 heterocycles. The number of nitrogens with zero attached hydrogens (tertiary/aromatic N) is 1. The predicted octanol–water partition coefficient (Wildman–Crippen LogP) is 3.74. The molecule has 2 nitrogen and oxygen atoms in total. The van der Waals surface area contributed by atoms with Crippen LogP contribution in [0.2, 0.25) is 0 Å². The number of halogens is 3. The van der Waals surface area contributed by atoms with E-state index in [1.54, 1.807) is 17.0 Å². The lowest BCUT2D eigenvalue weighted by molar-refractivity contribution is -0.130. The second kappa shape index (κ2) is 6.36. The Labute approximate surface area is 114 Å². The number of benzene rings is 1. The van der Waals surface area contributed by atoms with Gasteiger partial charge in [-0.3, -0.25) is 4.79 Å². The third kappa shape index (κ3) is 3.42. The maximum atomic E-state index is 13.3. The Kier molecular flexibility index (Phi) is 5.40. The van der Waals surface area contributed by atoms with E-state index in [0.717, 1.165) is 0 Å². The van der Waals surface area contributed by atoms with Crippen LogP contribution in [0.4, 0.5) is 4.39 Å². The van der Waals surface area contributed by atoms with Crippen molar-refractivity contribution >= 4 is 33.4 Å². The van der Waals surface area contributed by atoms with Gasteiger partial charge in [-0.25, -0.2) is 4.39 Å². The van der Waals surface area contributed by atoms with Crippen LogP contribution in [0.5, 0.6) is 0 Å². The first kappa shape index (κ1) is 14.5. The number of carbonyl (C=O) groups excluding carboxylic acids is 1. The Balaban J connectivity index is 2.92. The molecule has 1 aromatic rings. The van der Waals surface area contributed by atoms with Crippen LogP contribution in [-0.4, -0.2) is 23.9 Å². The standard InChI is InChI=1S/C12H14BrClFNO/c1-3-16(4-2)12(17)11(14)8-5-6-9(13)10(15)7-8/h5-7,11H,3-4H2,1-2H3. The van der Waals surface area contributed by atoms with Crippen LogP contribution in [0.1, 0.15) is 24.8 Å². The van der Waals surface area contributed by atoms with Gasteiger partial charge in [0.15, 0.2) is 0 Å². The third-order valence-corrected chi connectivity index (χ3v) is 3.61. The van der Waals surface area contributed by atoms with Gasteiger partial charge in [-0.05, 0) is 47.5 Å². The first-order chi connectivity index (χ1) is 8.01. The van der Waals surface area contributed by atoms with Crippen LogP contribution in [0, 0.1) is 5.82 Å². The van der Waals surface area contributed by atoms with E-state index in [1.165, 1.54) is 6.07 Å². The molecule has 0 spiro atoms. The Hall–Kier alpha value is -0.610. The molecule has 1 aromatic carbocycles. The average molecular weight is 323 g/mol. The number of hydrogen-bond donors (Lipinski definition) is 0. The molecule has 0 radical (unpaired) electrons. The van der Waals surface area contributed by atoms with Crippen molar-refractivity contribution in [2.24, 2.45) is 0 Å². The molecule has 0 fully saturated rings. The van der Waals surface area contributed by atoms with Crippen molar-refractivity contribution in [1.82, 2.24) is 4.90 Å². The molecule has 1 unspecified atom stereocenters. The summed E-state index contributed by atoms with van der Waals surface area (Å²) in [5, 5.41) is -0.836. The molecular formula is C12H14BrClFNO. The van der Waals surface area contributed by atoms with Crippen molar-refractivity contribution in [2.75, 3.05) is 13.1 Å². The fourth-order valence-electron chi connectivity index (χ4n) is 1.51. The lowest BCUT2D eigenvalue weighted by Crippen LogP contribution is -2.33. The lowest BCUT2D eigenvalue weighted by atomic mass is 10.1. The van der Waals surface area contributed by atoms with E-state index in [-0.39, 0.29) is 5.91 Å². The third-order valence-electron chi connectivity index (χ3n) is 2.53. The fraction of sp³-hybridized carbons (Fsp3) is 0.417. The van der Waals surface area contributed by atoms with Gasteiger partial charge in [0.1, 0.15) is 11.2 Å². The van der Waals surface area contributed by atoms with Crippen LogP contribution in [0.15, 0.2) is 22.7 Å². The van der Waals surface area contributed by atoms with Crippen LogP contribution in [0.3, 0.4) is 0 Å². The first-order valence-corrected chi connectivity index (χ1v) is 6.62. The molecule has 0 N–H and O–H groups in total. The van der Waals surface area contributed by atoms with Crippen molar-refractivity contribution in [3.63, 3.8) is 0 Å². The Morgan fingerprint density at radius 1 is 1.47 bits per heavy atom. The number of amides is 1. The normalized spacial score (nSPS) is 12.3. The maximum Gasteiger partial charge on any atom is 0.245 e. The molecule has 0 bridgehead atoms. The maximum absolute atomic E-state index is 13.3. The van der Waals surface area contributed by atoms with Crippen LogP contribution < -0.4 is 0 Å². The minimum Gasteiger partial charge on any atom is -0.342 e. The molecule has 0 saturated heterocycles. The summed E-state index contributed by atoms with van der Waals surface area (Å²) in [4.78, 5) is 13.6. The topological polar surface area (TPSA) is 20.3 Å². The summed E-state index contributed by atoms with van der Waals surface area (Å²) in [5.41, 5.74) is 0.476. The fourth-order valence-corrected chi connectivity index (χ4v) is 2.03. The van der Waals surface area contributed by atoms with Gasteiger partial charge in [0.05, 0.1) is 4.47 Å². The molecule has 0 aliphatic carbocycles. The van der Waals surface area contributed by atoms with Crippen molar-refractivity contribution < 1.29 is 9.18 Å². The molecule has 1 atom stereocenters. The van der Waals surface area contributed by atoms with Gasteiger partial charge in [0.2, 0.25) is 5.91 Å². The average Bonchev–Trinajstić information content (AvgIpc) is 2.33. The number of carbonyl (C=O) groups is 1. The minimum absolute atomic E-state index is 0.196. The summed E-state index contributed by atoms with van der Waals surface area (Å²) in [6.07, 6.45) is 0. The highest BCUT2D eigenvalue weighted by Gasteiger charge is 2.22. The van der Waals surface area contributed by atoms with Crippen LogP contribution in [-0.2, 0) is 4.79 Å². The SMILES string of the molecule is CCN(CC)C(=O)C(Cl)c1ccc(Br)c(F)c1. The number of likely N-dealkylation sites (N-methyl/N-ethyl adjacent to an activating group) is 1. The van der Waals surface area contributed by atoms with Crippen molar-refractivity contribution in [3.8, 4) is 0 Å². The molecule has 0 aliphatic rings. The summed E-state index contributed by atoms with van der Waals surface area (Å²) in [5.74, 6) is -0.612. The van der Waals surface area contributed by atoms with Gasteiger partial charge < -0.3 is 4.90 Å². The van der Waals surface area contributed by atoms with E-state index in [9.17, 15) is 9.18 Å². The van der Waals surface area contributed by atoms with Crippen molar-refractivity contribution in [3.05, 3.63) is 34.1 Å². The van der Waals surface area contributed by atoms with Gasteiger partial charge in [-0.1, -0.05) is 6.07 Å². The van der Waals surface area contributed by atoms with Gasteiger partial charge >= 0.3 is 0 Å². The molecular weight excluding hydrogens is 308 g/mol. The van der Waals surface area contributed by atoms with Crippen molar-refractivity contribution in [1.29, 1.82) is 0 Å². The van der Waals surface area contributed by atoms with Gasteiger partial charge in [-0.15, -0.1) is 11.6 Å². The molecule has 0 saturated carbocycles. The molecule has 5 heteroatoms. The second-order valence-corrected chi connectivity index (χ2v) is 4.84. The summed E-state index contributed by atoms with van der Waals surface area (Å²) in [7, 11) is 0. The highest BCUT2D eigenvalue weighted by molar-refractivity contribution is 9.10. The molecule has 0 aliphatic heterocycles. The second-order valence-electron chi connectivity index (χ2n) is 3.55. The summed E-state index contributed by atoms with van der Waals surface area (Å²) in [6, 6.07) is 4.48. The van der Waals surface area contributed by atoms with Crippen molar-refractivity contribution in [2.45, 2.75) is 19.2 Å². The monoisotopic (exact) mass is 321 g/mol. The van der Waals surface area contributed by atoms with Gasteiger partial charge in [0.25, 0.3) is 0 Å². The Morgan fingerprint density at radius 2 is 2.06 bits per heavy atom. The highest BCUT2D eigenvalue weighted by Crippen LogP contribution is 2.26. The van der Waals surface area contributed by atoms with Crippen LogP contribution >= 0.6 is 27.5 Å². The summed E-state index contributed by atoms with van der Waals surface area (Å²) >= 11 is 9.12. The largest absolute Gasteiger partial charge is 0.342 e. The quantitative estimate of drug-likeness (QED) is 0.773. The Morgan fingerprint density at radius 3 is 2.53 bits per heavy atom. The lowest BCUT2D eigenvalue weighted by Gasteiger charge is -2.21. The van der Waals surface area contributed by atoms with E-state index >= 15 is 0 Å². The summed E-state index contributed by atoms with van der Waals surface area (Å²) in [6.45, 7) is 4.95. The molecule has 17 heavy (non-hydrogen) atoms. The van der Waals surface area contributed by atoms with E-state index < -0.39 is 11.2 Å². The van der Waals surface area contributed by atoms with Crippen LogP contribution in [0.25, 0.3) is 0 Å². The number of alkyl halides is 1. The van der Waals surface area contributed by atoms with E-state index in [4.69, 9.17) is 11.6 Å². The number of hydrogen-bond acceptors (Lipinski definition) is 1. The zero-order chi connectivity index (χ0) is 13.0. The highest BCUT2D eigenvalue weighted by atomic mass is 79.9. The molecule has 1 amide bonds. The van der Waals surface area contributed by atoms with Gasteiger partial charge in [-0.2, -0.15) is 0 Å². The zero-order valence-electron chi connectivity index (χ0n) is 9.71. The minimum atomic E-state index is -0.836. The zero-order valence-corrected chi connectivity index (χ0v) is 12.1. The van der Waals surface area contributed by atoms with Gasteiger partial charge in [0, 0.05) is 13.1 Å². The molecule has 1 rings (SSSR count). The van der Waals surface area contributed by atoms with E-state index in [2.05, 4.69) is 15.9 Å². The molecule has 94 valence electrons. The Bertz CT molecular complexity index is 409. The molecule has 0 aromatic heterocycles.